The van der Waals surface area contributed by atoms with Crippen molar-refractivity contribution in [1.29, 1.82) is 0 Å². The van der Waals surface area contributed by atoms with Gasteiger partial charge in [0.2, 0.25) is 0 Å². The van der Waals surface area contributed by atoms with Crippen LogP contribution in [0.2, 0.25) is 0 Å². The van der Waals surface area contributed by atoms with Crippen molar-refractivity contribution in [2.75, 3.05) is 4.90 Å². The summed E-state index contributed by atoms with van der Waals surface area (Å²) >= 11 is 0. The number of sulfonamides is 2. The van der Waals surface area contributed by atoms with Crippen molar-refractivity contribution in [3.05, 3.63) is 188 Å². The average Bonchev–Trinajstić information content (AvgIpc) is 3.15. The van der Waals surface area contributed by atoms with Crippen LogP contribution in [0.5, 0.6) is 0 Å². The van der Waals surface area contributed by atoms with Gasteiger partial charge in [-0.3, -0.25) is 25.1 Å². The second-order valence-corrected chi connectivity index (χ2v) is 14.8. The molecule has 2 aliphatic rings. The molecule has 0 bridgehead atoms. The summed E-state index contributed by atoms with van der Waals surface area (Å²) in [6, 6.07) is 32.9. The van der Waals surface area contributed by atoms with Crippen LogP contribution in [0, 0.1) is 20.2 Å². The summed E-state index contributed by atoms with van der Waals surface area (Å²) < 4.78 is 63.6. The minimum Gasteiger partial charge on any atom is -0.294 e. The predicted octanol–water partition coefficient (Wildman–Crippen LogP) is 7.24. The van der Waals surface area contributed by atoms with Crippen LogP contribution in [0.25, 0.3) is 17.7 Å². The summed E-state index contributed by atoms with van der Waals surface area (Å²) in [5.74, 6) is -0.519. The number of amidine groups is 1. The number of non-ortho nitro benzene ring substituents is 2. The Morgan fingerprint density at radius 2 is 1.15 bits per heavy atom. The molecule has 0 aliphatic carbocycles. The molecule has 0 fully saturated rings. The molecular formula is C37H25N5O8S2. The molecule has 15 heteroatoms. The van der Waals surface area contributed by atoms with E-state index >= 15 is 8.42 Å². The zero-order chi connectivity index (χ0) is 36.6. The number of nitro groups is 2. The number of hydrogen-bond acceptors (Lipinski definition) is 9. The minimum atomic E-state index is -4.83. The van der Waals surface area contributed by atoms with Crippen LogP contribution in [0.15, 0.2) is 165 Å². The third-order valence-corrected chi connectivity index (χ3v) is 11.2. The number of hydrogen-bond donors (Lipinski definition) is 0. The molecule has 0 N–H and O–H groups in total. The minimum absolute atomic E-state index is 0.0197. The highest BCUT2D eigenvalue weighted by Crippen LogP contribution is 2.45. The van der Waals surface area contributed by atoms with Crippen molar-refractivity contribution in [2.24, 2.45) is 4.40 Å². The van der Waals surface area contributed by atoms with Crippen molar-refractivity contribution in [3.63, 3.8) is 0 Å². The summed E-state index contributed by atoms with van der Waals surface area (Å²) in [6.45, 7) is 0. The fourth-order valence-corrected chi connectivity index (χ4v) is 8.31. The summed E-state index contributed by atoms with van der Waals surface area (Å²) in [5.41, 5.74) is 2.14. The lowest BCUT2D eigenvalue weighted by Crippen LogP contribution is -2.48. The van der Waals surface area contributed by atoms with E-state index in [0.717, 1.165) is 58.4 Å². The van der Waals surface area contributed by atoms with E-state index in [1.165, 1.54) is 0 Å². The van der Waals surface area contributed by atoms with Crippen LogP contribution in [0.3, 0.4) is 0 Å². The van der Waals surface area contributed by atoms with E-state index in [9.17, 15) is 28.6 Å². The Morgan fingerprint density at radius 3 is 1.75 bits per heavy atom. The Kier molecular flexibility index (Phi) is 8.57. The van der Waals surface area contributed by atoms with Gasteiger partial charge in [-0.15, -0.1) is 4.40 Å². The van der Waals surface area contributed by atoms with Crippen LogP contribution in [-0.4, -0.2) is 36.8 Å². The molecule has 0 saturated carbocycles. The highest BCUT2D eigenvalue weighted by atomic mass is 32.2. The second-order valence-electron chi connectivity index (χ2n) is 11.4. The Bertz CT molecular complexity index is 2590. The van der Waals surface area contributed by atoms with Gasteiger partial charge in [0.05, 0.1) is 36.6 Å². The largest absolute Gasteiger partial charge is 0.294 e. The number of fused-ring (bicyclic) bond motifs is 3. The highest BCUT2D eigenvalue weighted by Gasteiger charge is 2.44. The number of rotatable bonds is 8. The maximum absolute atomic E-state index is 15.1. The first-order valence-electron chi connectivity index (χ1n) is 15.5. The quantitative estimate of drug-likeness (QED) is 0.118. The Hall–Kier alpha value is -6.71. The van der Waals surface area contributed by atoms with Gasteiger partial charge in [-0.1, -0.05) is 84.9 Å². The van der Waals surface area contributed by atoms with E-state index < -0.39 is 40.6 Å². The molecule has 5 aromatic carbocycles. The van der Waals surface area contributed by atoms with Crippen LogP contribution >= 0.6 is 0 Å². The lowest BCUT2D eigenvalue weighted by atomic mass is 9.95. The van der Waals surface area contributed by atoms with E-state index in [4.69, 9.17) is 0 Å². The smallest absolute Gasteiger partial charge is 0.284 e. The van der Waals surface area contributed by atoms with Gasteiger partial charge in [0, 0.05) is 24.3 Å². The van der Waals surface area contributed by atoms with E-state index in [1.807, 2.05) is 18.2 Å². The highest BCUT2D eigenvalue weighted by molar-refractivity contribution is 7.91. The zero-order valence-corrected chi connectivity index (χ0v) is 28.4. The maximum Gasteiger partial charge on any atom is 0.284 e. The Balaban J connectivity index is 1.61. The fourth-order valence-electron chi connectivity index (χ4n) is 5.84. The fraction of sp³-hybridized carbons (Fsp3) is 0. The number of nitrogens with zero attached hydrogens (tertiary/aromatic N) is 5. The monoisotopic (exact) mass is 731 g/mol. The van der Waals surface area contributed by atoms with E-state index in [-0.39, 0.29) is 27.7 Å². The third-order valence-electron chi connectivity index (χ3n) is 8.24. The molecule has 2 aliphatic heterocycles. The van der Waals surface area contributed by atoms with E-state index in [2.05, 4.69) is 4.40 Å². The van der Waals surface area contributed by atoms with Crippen LogP contribution < -0.4 is 4.90 Å². The SMILES string of the molecule is O=[N+]([O-])c1ccc(S(=O)(=O)/N=C2\C(c3ccccc3)=C3C=Cc4ccccc4N3/C(=C\c3ccccc3)N2S(=O)(=O)c2ccc([N+](=O)[O-])cc2)cc1. The van der Waals surface area contributed by atoms with Gasteiger partial charge < -0.3 is 0 Å². The van der Waals surface area contributed by atoms with Crippen LogP contribution in [0.1, 0.15) is 16.7 Å². The van der Waals surface area contributed by atoms with E-state index in [1.54, 1.807) is 89.8 Å². The summed E-state index contributed by atoms with van der Waals surface area (Å²) in [6.07, 6.45) is 5.15. The molecule has 52 heavy (non-hydrogen) atoms. The lowest BCUT2D eigenvalue weighted by molar-refractivity contribution is -0.385. The number of benzene rings is 5. The normalized spacial score (nSPS) is 15.8. The molecule has 0 atom stereocenters. The van der Waals surface area contributed by atoms with Crippen LogP contribution in [-0.2, 0) is 20.0 Å². The van der Waals surface area contributed by atoms with Crippen molar-refractivity contribution in [1.82, 2.24) is 4.31 Å². The molecule has 0 radical (unpaired) electrons. The summed E-state index contributed by atoms with van der Waals surface area (Å²) in [5, 5.41) is 22.8. The van der Waals surface area contributed by atoms with E-state index in [0.29, 0.717) is 22.5 Å². The topological polar surface area (TPSA) is 173 Å². The molecule has 13 nitrogen and oxygen atoms in total. The summed E-state index contributed by atoms with van der Waals surface area (Å²) in [7, 11) is -9.60. The standard InChI is InChI=1S/C37H25N5O8S2/c43-41(44)29-16-20-31(21-17-29)51(47,48)38-37-36(28-12-5-2-6-13-28)34-24-15-27-11-7-8-14-33(27)39(34)35(25-26-9-3-1-4-10-26)40(37)52(49,50)32-22-18-30(19-23-32)42(45)46/h1-25H/b35-25+,38-37+. The molecule has 7 rings (SSSR count). The molecular weight excluding hydrogens is 707 g/mol. The number of nitro benzene ring substituents is 2. The first-order chi connectivity index (χ1) is 25.0. The van der Waals surface area contributed by atoms with Gasteiger partial charge in [-0.2, -0.15) is 12.7 Å². The zero-order valence-electron chi connectivity index (χ0n) is 26.8. The molecule has 258 valence electrons. The molecule has 0 amide bonds. The van der Waals surface area contributed by atoms with Gasteiger partial charge in [0.1, 0.15) is 5.82 Å². The second kappa shape index (κ2) is 13.2. The Morgan fingerprint density at radius 1 is 0.615 bits per heavy atom. The third kappa shape index (κ3) is 6.14. The van der Waals surface area contributed by atoms with Crippen LogP contribution in [0.4, 0.5) is 17.1 Å². The van der Waals surface area contributed by atoms with Crippen molar-refractivity contribution in [3.8, 4) is 0 Å². The first kappa shape index (κ1) is 33.8. The van der Waals surface area contributed by atoms with Crippen molar-refractivity contribution >= 4 is 60.7 Å². The molecule has 0 saturated heterocycles. The van der Waals surface area contributed by atoms with Gasteiger partial charge in [0.25, 0.3) is 31.4 Å². The average molecular weight is 732 g/mol. The molecule has 0 spiro atoms. The molecule has 5 aromatic rings. The predicted molar refractivity (Wildman–Crippen MR) is 196 cm³/mol. The first-order valence-corrected chi connectivity index (χ1v) is 18.4. The molecule has 0 unspecified atom stereocenters. The van der Waals surface area contributed by atoms with Crippen molar-refractivity contribution < 1.29 is 26.7 Å². The number of anilines is 1. The summed E-state index contributed by atoms with van der Waals surface area (Å²) in [4.78, 5) is 22.4. The van der Waals surface area contributed by atoms with Crippen molar-refractivity contribution in [2.45, 2.75) is 9.79 Å². The Labute approximate surface area is 297 Å². The van der Waals surface area contributed by atoms with Gasteiger partial charge in [-0.25, -0.2) is 8.42 Å². The maximum atomic E-state index is 15.1. The molecule has 0 aromatic heterocycles. The number of allylic oxidation sites excluding steroid dienone is 1. The van der Waals surface area contributed by atoms with Gasteiger partial charge in [0.15, 0.2) is 5.84 Å². The van der Waals surface area contributed by atoms with Gasteiger partial charge in [-0.05, 0) is 59.2 Å². The number of para-hydroxylation sites is 1. The molecule has 2 heterocycles. The van der Waals surface area contributed by atoms with Gasteiger partial charge >= 0.3 is 0 Å². The lowest BCUT2D eigenvalue weighted by Gasteiger charge is -2.43.